The predicted octanol–water partition coefficient (Wildman–Crippen LogP) is 4.28. The highest BCUT2D eigenvalue weighted by Gasteiger charge is 2.23. The molecule has 2 amide bonds. The van der Waals surface area contributed by atoms with E-state index in [-0.39, 0.29) is 12.1 Å². The maximum atomic E-state index is 12.1. The predicted molar refractivity (Wildman–Crippen MR) is 107 cm³/mol. The highest BCUT2D eigenvalue weighted by molar-refractivity contribution is 5.89. The van der Waals surface area contributed by atoms with Crippen molar-refractivity contribution >= 4 is 11.7 Å². The summed E-state index contributed by atoms with van der Waals surface area (Å²) in [4.78, 5) is 14.5. The van der Waals surface area contributed by atoms with Gasteiger partial charge < -0.3 is 10.6 Å². The second-order valence-electron chi connectivity index (χ2n) is 7.60. The van der Waals surface area contributed by atoms with Gasteiger partial charge in [0.1, 0.15) is 0 Å². The van der Waals surface area contributed by atoms with Crippen LogP contribution in [0.2, 0.25) is 0 Å². The maximum Gasteiger partial charge on any atom is 0.319 e. The van der Waals surface area contributed by atoms with Crippen molar-refractivity contribution in [2.75, 3.05) is 18.4 Å². The van der Waals surface area contributed by atoms with Crippen LogP contribution < -0.4 is 10.6 Å². The van der Waals surface area contributed by atoms with E-state index in [1.165, 1.54) is 11.1 Å². The summed E-state index contributed by atoms with van der Waals surface area (Å²) in [6, 6.07) is 18.6. The number of carbonyl (C=O) groups is 1. The number of likely N-dealkylation sites (tertiary alicyclic amines) is 1. The molecule has 0 saturated carbocycles. The van der Waals surface area contributed by atoms with Crippen LogP contribution in [-0.4, -0.2) is 30.1 Å². The average Bonchev–Trinajstić information content (AvgIpc) is 3.04. The smallest absolute Gasteiger partial charge is 0.319 e. The van der Waals surface area contributed by atoms with Gasteiger partial charge in [0, 0.05) is 31.4 Å². The van der Waals surface area contributed by atoms with Crippen molar-refractivity contribution < 1.29 is 4.79 Å². The van der Waals surface area contributed by atoms with E-state index < -0.39 is 0 Å². The largest absolute Gasteiger partial charge is 0.334 e. The number of hydrogen-bond acceptors (Lipinski definition) is 2. The zero-order valence-corrected chi connectivity index (χ0v) is 15.7. The molecule has 0 spiro atoms. The molecule has 0 bridgehead atoms. The van der Waals surface area contributed by atoms with Gasteiger partial charge in [-0.25, -0.2) is 4.79 Å². The van der Waals surface area contributed by atoms with Gasteiger partial charge in [-0.2, -0.15) is 0 Å². The van der Waals surface area contributed by atoms with Gasteiger partial charge in [0.15, 0.2) is 0 Å². The third kappa shape index (κ3) is 5.60. The Morgan fingerprint density at radius 2 is 1.77 bits per heavy atom. The van der Waals surface area contributed by atoms with Gasteiger partial charge >= 0.3 is 6.03 Å². The minimum absolute atomic E-state index is 0.124. The van der Waals surface area contributed by atoms with E-state index in [4.69, 9.17) is 0 Å². The molecular weight excluding hydrogens is 322 g/mol. The number of amides is 2. The van der Waals surface area contributed by atoms with Gasteiger partial charge in [0.05, 0.1) is 0 Å². The Hall–Kier alpha value is -2.33. The second kappa shape index (κ2) is 8.86. The van der Waals surface area contributed by atoms with Crippen LogP contribution in [0.3, 0.4) is 0 Å². The zero-order valence-electron chi connectivity index (χ0n) is 15.7. The van der Waals surface area contributed by atoms with Gasteiger partial charge in [0.25, 0.3) is 0 Å². The van der Waals surface area contributed by atoms with Crippen molar-refractivity contribution in [1.82, 2.24) is 10.2 Å². The quantitative estimate of drug-likeness (QED) is 0.816. The number of nitrogens with one attached hydrogen (secondary N) is 2. The highest BCUT2D eigenvalue weighted by Crippen LogP contribution is 2.16. The fourth-order valence-corrected chi connectivity index (χ4v) is 3.48. The van der Waals surface area contributed by atoms with Crippen LogP contribution in [-0.2, 0) is 13.0 Å². The summed E-state index contributed by atoms with van der Waals surface area (Å²) >= 11 is 0. The van der Waals surface area contributed by atoms with E-state index in [9.17, 15) is 4.79 Å². The number of para-hydroxylation sites is 1. The lowest BCUT2D eigenvalue weighted by atomic mass is 10.0. The molecule has 1 heterocycles. The first-order valence-electron chi connectivity index (χ1n) is 9.51. The molecule has 2 N–H and O–H groups in total. The normalized spacial score (nSPS) is 17.4. The molecule has 1 aliphatic heterocycles. The lowest BCUT2D eigenvalue weighted by molar-refractivity contribution is 0.247. The minimum atomic E-state index is -0.124. The Morgan fingerprint density at radius 3 is 2.46 bits per heavy atom. The van der Waals surface area contributed by atoms with Gasteiger partial charge in [-0.05, 0) is 42.0 Å². The molecule has 0 unspecified atom stereocenters. The number of urea groups is 1. The molecule has 1 fully saturated rings. The molecule has 2 aromatic carbocycles. The van der Waals surface area contributed by atoms with E-state index in [1.807, 2.05) is 30.3 Å². The summed E-state index contributed by atoms with van der Waals surface area (Å²) in [5.74, 6) is 0.688. The first kappa shape index (κ1) is 18.5. The number of nitrogens with zero attached hydrogens (tertiary/aromatic N) is 1. The van der Waals surface area contributed by atoms with Crippen LogP contribution in [0.4, 0.5) is 10.5 Å². The SMILES string of the molecule is CC(C)Cc1ccc(CN2CC[C@@H](NC(=O)Nc3ccccc3)C2)cc1. The number of rotatable bonds is 6. The molecule has 26 heavy (non-hydrogen) atoms. The molecular formula is C22H29N3O. The van der Waals surface area contributed by atoms with Crippen LogP contribution in [0.25, 0.3) is 0 Å². The number of anilines is 1. The number of carbonyl (C=O) groups excluding carboxylic acids is 1. The Bertz CT molecular complexity index is 697. The van der Waals surface area contributed by atoms with Crippen molar-refractivity contribution in [2.45, 2.75) is 39.3 Å². The molecule has 0 aromatic heterocycles. The summed E-state index contributed by atoms with van der Waals surface area (Å²) < 4.78 is 0. The van der Waals surface area contributed by atoms with Gasteiger partial charge in [-0.15, -0.1) is 0 Å². The van der Waals surface area contributed by atoms with E-state index in [2.05, 4.69) is 53.6 Å². The van der Waals surface area contributed by atoms with Gasteiger partial charge in [-0.1, -0.05) is 56.3 Å². The lowest BCUT2D eigenvalue weighted by Crippen LogP contribution is -2.39. The Labute approximate surface area is 156 Å². The van der Waals surface area contributed by atoms with Crippen molar-refractivity contribution in [3.63, 3.8) is 0 Å². The summed E-state index contributed by atoms with van der Waals surface area (Å²) in [6.45, 7) is 7.36. The fourth-order valence-electron chi connectivity index (χ4n) is 3.48. The van der Waals surface area contributed by atoms with Crippen molar-refractivity contribution in [1.29, 1.82) is 0 Å². The summed E-state index contributed by atoms with van der Waals surface area (Å²) in [6.07, 6.45) is 2.13. The highest BCUT2D eigenvalue weighted by atomic mass is 16.2. The third-order valence-electron chi connectivity index (χ3n) is 4.71. The van der Waals surface area contributed by atoms with Crippen LogP contribution in [0.5, 0.6) is 0 Å². The summed E-state index contributed by atoms with van der Waals surface area (Å²) in [5, 5.41) is 5.97. The standard InChI is InChI=1S/C22H29N3O/c1-17(2)14-18-8-10-19(11-9-18)15-25-13-12-21(16-25)24-22(26)23-20-6-4-3-5-7-20/h3-11,17,21H,12-16H2,1-2H3,(H2,23,24,26)/t21-/m1/s1. The van der Waals surface area contributed by atoms with Crippen molar-refractivity contribution in [3.8, 4) is 0 Å². The van der Waals surface area contributed by atoms with Crippen LogP contribution >= 0.6 is 0 Å². The fraction of sp³-hybridized carbons (Fsp3) is 0.409. The van der Waals surface area contributed by atoms with E-state index in [0.717, 1.165) is 38.2 Å². The molecule has 2 aromatic rings. The molecule has 3 rings (SSSR count). The summed E-state index contributed by atoms with van der Waals surface area (Å²) in [5.41, 5.74) is 3.57. The van der Waals surface area contributed by atoms with Gasteiger partial charge in [-0.3, -0.25) is 4.90 Å². The number of hydrogen-bond donors (Lipinski definition) is 2. The topological polar surface area (TPSA) is 44.4 Å². The van der Waals surface area contributed by atoms with E-state index in [0.29, 0.717) is 5.92 Å². The molecule has 138 valence electrons. The van der Waals surface area contributed by atoms with Crippen LogP contribution in [0, 0.1) is 5.92 Å². The Morgan fingerprint density at radius 1 is 1.08 bits per heavy atom. The third-order valence-corrected chi connectivity index (χ3v) is 4.71. The monoisotopic (exact) mass is 351 g/mol. The van der Waals surface area contributed by atoms with E-state index >= 15 is 0 Å². The average molecular weight is 351 g/mol. The molecule has 0 aliphatic carbocycles. The lowest BCUT2D eigenvalue weighted by Gasteiger charge is -2.17. The Kier molecular flexibility index (Phi) is 6.29. The summed E-state index contributed by atoms with van der Waals surface area (Å²) in [7, 11) is 0. The van der Waals surface area contributed by atoms with Crippen LogP contribution in [0.1, 0.15) is 31.4 Å². The maximum absolute atomic E-state index is 12.1. The minimum Gasteiger partial charge on any atom is -0.334 e. The molecule has 4 nitrogen and oxygen atoms in total. The molecule has 0 radical (unpaired) electrons. The van der Waals surface area contributed by atoms with Crippen molar-refractivity contribution in [2.24, 2.45) is 5.92 Å². The molecule has 4 heteroatoms. The molecule has 1 aliphatic rings. The molecule has 1 atom stereocenters. The second-order valence-corrected chi connectivity index (χ2v) is 7.60. The zero-order chi connectivity index (χ0) is 18.4. The number of benzene rings is 2. The van der Waals surface area contributed by atoms with Crippen molar-refractivity contribution in [3.05, 3.63) is 65.7 Å². The van der Waals surface area contributed by atoms with Gasteiger partial charge in [0.2, 0.25) is 0 Å². The van der Waals surface area contributed by atoms with Crippen LogP contribution in [0.15, 0.2) is 54.6 Å². The first-order valence-corrected chi connectivity index (χ1v) is 9.51. The first-order chi connectivity index (χ1) is 12.6. The Balaban J connectivity index is 1.44. The molecule has 1 saturated heterocycles. The van der Waals surface area contributed by atoms with E-state index in [1.54, 1.807) is 0 Å².